The Labute approximate surface area is 113 Å². The predicted molar refractivity (Wildman–Crippen MR) is 74.3 cm³/mol. The van der Waals surface area contributed by atoms with Gasteiger partial charge >= 0.3 is 0 Å². The molecule has 6 nitrogen and oxygen atoms in total. The van der Waals surface area contributed by atoms with E-state index in [0.29, 0.717) is 10.6 Å². The van der Waals surface area contributed by atoms with Crippen LogP contribution in [0.4, 0.5) is 5.69 Å². The van der Waals surface area contributed by atoms with Crippen LogP contribution in [0.25, 0.3) is 10.6 Å². The highest BCUT2D eigenvalue weighted by Crippen LogP contribution is 2.36. The van der Waals surface area contributed by atoms with Crippen molar-refractivity contribution in [1.29, 1.82) is 0 Å². The average molecular weight is 276 g/mol. The second-order valence-electron chi connectivity index (χ2n) is 3.76. The Balaban J connectivity index is 2.62. The molecule has 0 fully saturated rings. The van der Waals surface area contributed by atoms with Crippen LogP contribution in [0.15, 0.2) is 17.1 Å². The smallest absolute Gasteiger partial charge is 0.253 e. The number of phenolic OH excluding ortho intramolecular Hbond substituents is 1. The molecule has 0 atom stereocenters. The van der Waals surface area contributed by atoms with Gasteiger partial charge in [-0.2, -0.15) is 0 Å². The Bertz CT molecular complexity index is 651. The van der Waals surface area contributed by atoms with Gasteiger partial charge in [-0.3, -0.25) is 9.79 Å². The zero-order valence-electron chi connectivity index (χ0n) is 10.5. The molecule has 19 heavy (non-hydrogen) atoms. The number of phenols is 1. The number of nitrogens with one attached hydrogen (secondary N) is 1. The van der Waals surface area contributed by atoms with E-state index < -0.39 is 0 Å². The van der Waals surface area contributed by atoms with Crippen LogP contribution >= 0.6 is 11.3 Å². The zero-order chi connectivity index (χ0) is 14.0. The Morgan fingerprint density at radius 1 is 1.47 bits per heavy atom. The Morgan fingerprint density at radius 2 is 2.21 bits per heavy atom. The summed E-state index contributed by atoms with van der Waals surface area (Å²) in [6, 6.07) is 3.11. The van der Waals surface area contributed by atoms with E-state index in [1.54, 1.807) is 6.07 Å². The number of nitrogens with zero attached hydrogens (tertiary/aromatic N) is 3. The lowest BCUT2D eigenvalue weighted by molar-refractivity contribution is 0.0963. The average Bonchev–Trinajstić information content (AvgIpc) is 2.83. The molecule has 0 aliphatic rings. The number of carbonyl (C=O) groups is 1. The number of aromatic hydroxyl groups is 1. The molecule has 0 aliphatic carbocycles. The summed E-state index contributed by atoms with van der Waals surface area (Å²) in [5.74, 6) is -0.459. The van der Waals surface area contributed by atoms with E-state index in [0.717, 1.165) is 5.01 Å². The maximum absolute atomic E-state index is 11.8. The number of amides is 1. The third kappa shape index (κ3) is 2.45. The van der Waals surface area contributed by atoms with Crippen molar-refractivity contribution >= 4 is 29.6 Å². The fourth-order valence-corrected chi connectivity index (χ4v) is 2.31. The van der Waals surface area contributed by atoms with Crippen molar-refractivity contribution < 1.29 is 9.90 Å². The van der Waals surface area contributed by atoms with E-state index in [1.807, 2.05) is 6.92 Å². The Morgan fingerprint density at radius 3 is 2.74 bits per heavy atom. The minimum atomic E-state index is -0.346. The summed E-state index contributed by atoms with van der Waals surface area (Å²) in [6.07, 6.45) is 0. The molecule has 2 N–H and O–H groups in total. The maximum Gasteiger partial charge on any atom is 0.253 e. The molecule has 0 spiro atoms. The van der Waals surface area contributed by atoms with Crippen molar-refractivity contribution in [1.82, 2.24) is 15.5 Å². The molecule has 7 heteroatoms. The largest absolute Gasteiger partial charge is 0.506 e. The number of aromatic nitrogens is 2. The first-order valence-corrected chi connectivity index (χ1v) is 6.24. The minimum absolute atomic E-state index is 0.112. The van der Waals surface area contributed by atoms with Gasteiger partial charge in [0, 0.05) is 12.6 Å². The first-order valence-electron chi connectivity index (χ1n) is 5.43. The molecule has 1 aromatic carbocycles. The van der Waals surface area contributed by atoms with E-state index in [9.17, 15) is 9.90 Å². The third-order valence-electron chi connectivity index (χ3n) is 2.49. The molecule has 2 aromatic rings. The van der Waals surface area contributed by atoms with Crippen molar-refractivity contribution in [2.45, 2.75) is 6.92 Å². The van der Waals surface area contributed by atoms with E-state index in [1.165, 1.54) is 24.5 Å². The molecule has 0 saturated carbocycles. The molecule has 1 amide bonds. The lowest BCUT2D eigenvalue weighted by Crippen LogP contribution is -2.18. The molecular formula is C12H12N4O2S. The number of rotatable bonds is 3. The number of hydrogen-bond donors (Lipinski definition) is 2. The lowest BCUT2D eigenvalue weighted by Gasteiger charge is -2.08. The highest BCUT2D eigenvalue weighted by atomic mass is 32.1. The third-order valence-corrected chi connectivity index (χ3v) is 3.38. The highest BCUT2D eigenvalue weighted by molar-refractivity contribution is 7.14. The second kappa shape index (κ2) is 5.15. The monoisotopic (exact) mass is 276 g/mol. The molecule has 0 unspecified atom stereocenters. The molecule has 0 saturated heterocycles. The van der Waals surface area contributed by atoms with Gasteiger partial charge < -0.3 is 10.4 Å². The van der Waals surface area contributed by atoms with Gasteiger partial charge in [0.1, 0.15) is 21.5 Å². The summed E-state index contributed by atoms with van der Waals surface area (Å²) >= 11 is 1.38. The van der Waals surface area contributed by atoms with Crippen molar-refractivity contribution in [3.05, 3.63) is 22.7 Å². The molecule has 0 bridgehead atoms. The number of hydrogen-bond acceptors (Lipinski definition) is 6. The Kier molecular flexibility index (Phi) is 3.57. The number of aryl methyl sites for hydroxylation is 1. The normalized spacial score (nSPS) is 10.2. The highest BCUT2D eigenvalue weighted by Gasteiger charge is 2.17. The van der Waals surface area contributed by atoms with Crippen LogP contribution in [0.5, 0.6) is 5.75 Å². The van der Waals surface area contributed by atoms with Gasteiger partial charge in [0.2, 0.25) is 0 Å². The van der Waals surface area contributed by atoms with Crippen LogP contribution in [-0.4, -0.2) is 35.0 Å². The van der Waals surface area contributed by atoms with E-state index >= 15 is 0 Å². The first kappa shape index (κ1) is 13.2. The van der Waals surface area contributed by atoms with E-state index in [2.05, 4.69) is 27.2 Å². The molecule has 2 rings (SSSR count). The van der Waals surface area contributed by atoms with E-state index in [-0.39, 0.29) is 22.9 Å². The molecule has 0 aliphatic heterocycles. The van der Waals surface area contributed by atoms with Gasteiger partial charge in [-0.1, -0.05) is 11.3 Å². The van der Waals surface area contributed by atoms with Gasteiger partial charge in [0.25, 0.3) is 5.91 Å². The van der Waals surface area contributed by atoms with Crippen LogP contribution in [-0.2, 0) is 0 Å². The summed E-state index contributed by atoms with van der Waals surface area (Å²) < 4.78 is 0. The fraction of sp³-hybridized carbons (Fsp3) is 0.167. The number of aliphatic imine (C=N–C) groups is 1. The standard InChI is InChI=1S/C12H12N4O2S/c1-6-15-16-12(19-6)7-4-8(11(18)14-3)10(13-2)9(17)5-7/h4-5,17H,2H2,1,3H3,(H,14,18). The summed E-state index contributed by atoms with van der Waals surface area (Å²) in [7, 11) is 1.51. The van der Waals surface area contributed by atoms with Crippen LogP contribution in [0.3, 0.4) is 0 Å². The van der Waals surface area contributed by atoms with Crippen molar-refractivity contribution in [2.24, 2.45) is 4.99 Å². The summed E-state index contributed by atoms with van der Waals surface area (Å²) in [5, 5.41) is 21.8. The predicted octanol–water partition coefficient (Wildman–Crippen LogP) is 1.91. The maximum atomic E-state index is 11.8. The van der Waals surface area contributed by atoms with Gasteiger partial charge in [-0.15, -0.1) is 10.2 Å². The van der Waals surface area contributed by atoms with Gasteiger partial charge in [-0.25, -0.2) is 0 Å². The molecule has 1 aromatic heterocycles. The van der Waals surface area contributed by atoms with Crippen LogP contribution in [0.2, 0.25) is 0 Å². The fourth-order valence-electron chi connectivity index (χ4n) is 1.63. The van der Waals surface area contributed by atoms with Crippen molar-refractivity contribution in [3.8, 4) is 16.3 Å². The van der Waals surface area contributed by atoms with Crippen LogP contribution in [0.1, 0.15) is 15.4 Å². The Hall–Kier alpha value is -2.28. The molecule has 1 heterocycles. The van der Waals surface area contributed by atoms with Crippen molar-refractivity contribution in [2.75, 3.05) is 7.05 Å². The van der Waals surface area contributed by atoms with E-state index in [4.69, 9.17) is 0 Å². The zero-order valence-corrected chi connectivity index (χ0v) is 11.3. The van der Waals surface area contributed by atoms with Crippen molar-refractivity contribution in [3.63, 3.8) is 0 Å². The first-order chi connectivity index (χ1) is 9.06. The summed E-state index contributed by atoms with van der Waals surface area (Å²) in [4.78, 5) is 15.5. The number of benzene rings is 1. The lowest BCUT2D eigenvalue weighted by atomic mass is 10.1. The quantitative estimate of drug-likeness (QED) is 0.838. The molecule has 0 radical (unpaired) electrons. The summed E-state index contributed by atoms with van der Waals surface area (Å²) in [5.41, 5.74) is 1.03. The number of carbonyl (C=O) groups excluding carboxylic acids is 1. The van der Waals surface area contributed by atoms with Crippen LogP contribution in [0, 0.1) is 6.92 Å². The minimum Gasteiger partial charge on any atom is -0.506 e. The van der Waals surface area contributed by atoms with Crippen LogP contribution < -0.4 is 5.32 Å². The summed E-state index contributed by atoms with van der Waals surface area (Å²) in [6.45, 7) is 5.19. The SMILES string of the molecule is C=Nc1c(O)cc(-c2nnc(C)s2)cc1C(=O)NC. The van der Waals surface area contributed by atoms with Gasteiger partial charge in [-0.05, 0) is 25.8 Å². The van der Waals surface area contributed by atoms with Gasteiger partial charge in [0.15, 0.2) is 0 Å². The topological polar surface area (TPSA) is 87.5 Å². The van der Waals surface area contributed by atoms with Gasteiger partial charge in [0.05, 0.1) is 5.56 Å². The second-order valence-corrected chi connectivity index (χ2v) is 4.94. The molecular weight excluding hydrogens is 264 g/mol. The molecule has 98 valence electrons.